The van der Waals surface area contributed by atoms with Gasteiger partial charge < -0.3 is 21.1 Å². The van der Waals surface area contributed by atoms with Crippen molar-refractivity contribution >= 4 is 23.2 Å². The van der Waals surface area contributed by atoms with Gasteiger partial charge >= 0.3 is 0 Å². The number of nitrogens with one attached hydrogen (secondary N) is 1. The zero-order chi connectivity index (χ0) is 18.1. The molecule has 1 aromatic heterocycles. The van der Waals surface area contributed by atoms with E-state index in [0.717, 1.165) is 36.0 Å². The largest absolute Gasteiger partial charge is 0.391 e. The molecule has 2 aliphatic rings. The van der Waals surface area contributed by atoms with Gasteiger partial charge in [-0.25, -0.2) is 9.97 Å². The summed E-state index contributed by atoms with van der Waals surface area (Å²) < 4.78 is 0. The summed E-state index contributed by atoms with van der Waals surface area (Å²) in [7, 11) is 0. The van der Waals surface area contributed by atoms with Gasteiger partial charge in [0.15, 0.2) is 0 Å². The van der Waals surface area contributed by atoms with Crippen LogP contribution in [0, 0.1) is 0 Å². The summed E-state index contributed by atoms with van der Waals surface area (Å²) in [6.07, 6.45) is 4.18. The van der Waals surface area contributed by atoms with Crippen molar-refractivity contribution in [1.82, 2.24) is 9.97 Å². The molecule has 2 atom stereocenters. The number of anilines is 2. The summed E-state index contributed by atoms with van der Waals surface area (Å²) in [6, 6.07) is 10.2. The highest BCUT2D eigenvalue weighted by molar-refractivity contribution is 6.30. The highest BCUT2D eigenvalue weighted by Gasteiger charge is 2.44. The zero-order valence-corrected chi connectivity index (χ0v) is 15.4. The van der Waals surface area contributed by atoms with Gasteiger partial charge in [-0.15, -0.1) is 0 Å². The predicted molar refractivity (Wildman–Crippen MR) is 104 cm³/mol. The molecule has 0 amide bonds. The van der Waals surface area contributed by atoms with Gasteiger partial charge in [-0.05, 0) is 37.0 Å². The maximum atomic E-state index is 9.93. The van der Waals surface area contributed by atoms with Crippen LogP contribution in [0.5, 0.6) is 0 Å². The van der Waals surface area contributed by atoms with Gasteiger partial charge in [0.05, 0.1) is 6.10 Å². The van der Waals surface area contributed by atoms with Crippen molar-refractivity contribution in [1.29, 1.82) is 0 Å². The fourth-order valence-corrected chi connectivity index (χ4v) is 3.98. The SMILES string of the molecule is NC[C@H]1C[C@@H](O)CN1c1cc(NCC2(c3cccc(Cl)c3)CC2)ncn1. The van der Waals surface area contributed by atoms with Crippen molar-refractivity contribution in [2.24, 2.45) is 5.73 Å². The number of aliphatic hydroxyl groups is 1. The van der Waals surface area contributed by atoms with Crippen molar-refractivity contribution in [3.63, 3.8) is 0 Å². The van der Waals surface area contributed by atoms with E-state index < -0.39 is 0 Å². The van der Waals surface area contributed by atoms with Crippen LogP contribution in [0.1, 0.15) is 24.8 Å². The fraction of sp³-hybridized carbons (Fsp3) is 0.474. The van der Waals surface area contributed by atoms with Gasteiger partial charge in [0, 0.05) is 42.2 Å². The molecule has 4 rings (SSSR count). The second kappa shape index (κ2) is 7.02. The van der Waals surface area contributed by atoms with E-state index in [0.29, 0.717) is 19.5 Å². The molecule has 0 unspecified atom stereocenters. The topological polar surface area (TPSA) is 87.3 Å². The molecule has 2 aromatic rings. The molecular formula is C19H24ClN5O. The Bertz CT molecular complexity index is 782. The third-order valence-corrected chi connectivity index (χ3v) is 5.74. The van der Waals surface area contributed by atoms with Crippen molar-refractivity contribution in [3.05, 3.63) is 47.2 Å². The number of halogens is 1. The van der Waals surface area contributed by atoms with Gasteiger partial charge in [0.1, 0.15) is 18.0 Å². The molecule has 1 aromatic carbocycles. The third kappa shape index (κ3) is 3.49. The van der Waals surface area contributed by atoms with Crippen LogP contribution in [-0.4, -0.2) is 46.9 Å². The first-order valence-corrected chi connectivity index (χ1v) is 9.44. The highest BCUT2D eigenvalue weighted by Crippen LogP contribution is 2.48. The van der Waals surface area contributed by atoms with Gasteiger partial charge in [-0.1, -0.05) is 23.7 Å². The van der Waals surface area contributed by atoms with Crippen molar-refractivity contribution in [2.45, 2.75) is 36.8 Å². The summed E-state index contributed by atoms with van der Waals surface area (Å²) in [6.45, 7) is 1.87. The van der Waals surface area contributed by atoms with Crippen LogP contribution < -0.4 is 16.0 Å². The van der Waals surface area contributed by atoms with Crippen LogP contribution in [0.15, 0.2) is 36.7 Å². The van der Waals surface area contributed by atoms with Gasteiger partial charge in [-0.2, -0.15) is 0 Å². The summed E-state index contributed by atoms with van der Waals surface area (Å²) in [4.78, 5) is 10.8. The van der Waals surface area contributed by atoms with Crippen LogP contribution in [0.25, 0.3) is 0 Å². The number of hydrogen-bond acceptors (Lipinski definition) is 6. The number of benzene rings is 1. The molecule has 0 spiro atoms. The highest BCUT2D eigenvalue weighted by atomic mass is 35.5. The second-order valence-electron chi connectivity index (χ2n) is 7.34. The Hall–Kier alpha value is -1.89. The molecule has 2 heterocycles. The van der Waals surface area contributed by atoms with Crippen LogP contribution in [0.4, 0.5) is 11.6 Å². The summed E-state index contributed by atoms with van der Waals surface area (Å²) in [5.74, 6) is 1.60. The smallest absolute Gasteiger partial charge is 0.134 e. The first-order valence-electron chi connectivity index (χ1n) is 9.06. The Labute approximate surface area is 158 Å². The van der Waals surface area contributed by atoms with Crippen LogP contribution in [0.2, 0.25) is 5.02 Å². The quantitative estimate of drug-likeness (QED) is 0.719. The van der Waals surface area contributed by atoms with E-state index in [1.165, 1.54) is 5.56 Å². The molecule has 7 heteroatoms. The van der Waals surface area contributed by atoms with E-state index in [-0.39, 0.29) is 17.6 Å². The van der Waals surface area contributed by atoms with Crippen LogP contribution in [0.3, 0.4) is 0 Å². The summed E-state index contributed by atoms with van der Waals surface area (Å²) >= 11 is 6.15. The van der Waals surface area contributed by atoms with Gasteiger partial charge in [-0.3, -0.25) is 0 Å². The van der Waals surface area contributed by atoms with Crippen molar-refractivity contribution in [3.8, 4) is 0 Å². The summed E-state index contributed by atoms with van der Waals surface area (Å²) in [5, 5.41) is 14.2. The molecular weight excluding hydrogens is 350 g/mol. The normalized spacial score (nSPS) is 23.9. The van der Waals surface area contributed by atoms with E-state index in [2.05, 4.69) is 32.3 Å². The first kappa shape index (κ1) is 17.5. The van der Waals surface area contributed by atoms with E-state index in [9.17, 15) is 5.11 Å². The lowest BCUT2D eigenvalue weighted by Crippen LogP contribution is -2.36. The molecule has 1 saturated carbocycles. The number of hydrogen-bond donors (Lipinski definition) is 3. The minimum atomic E-state index is -0.354. The number of aliphatic hydroxyl groups excluding tert-OH is 1. The molecule has 0 bridgehead atoms. The third-order valence-electron chi connectivity index (χ3n) is 5.51. The minimum absolute atomic E-state index is 0.119. The van der Waals surface area contributed by atoms with Crippen molar-refractivity contribution in [2.75, 3.05) is 29.9 Å². The molecule has 4 N–H and O–H groups in total. The monoisotopic (exact) mass is 373 g/mol. The van der Waals surface area contributed by atoms with Gasteiger partial charge in [0.25, 0.3) is 0 Å². The Morgan fingerprint density at radius 2 is 2.15 bits per heavy atom. The molecule has 26 heavy (non-hydrogen) atoms. The molecule has 0 radical (unpaired) electrons. The number of rotatable bonds is 6. The Kier molecular flexibility index (Phi) is 4.73. The lowest BCUT2D eigenvalue weighted by molar-refractivity contribution is 0.194. The minimum Gasteiger partial charge on any atom is -0.391 e. The van der Waals surface area contributed by atoms with Crippen LogP contribution in [-0.2, 0) is 5.41 Å². The number of nitrogens with zero attached hydrogens (tertiary/aromatic N) is 3. The maximum absolute atomic E-state index is 9.93. The molecule has 1 aliphatic heterocycles. The van der Waals surface area contributed by atoms with E-state index in [1.807, 2.05) is 18.2 Å². The average Bonchev–Trinajstić information content (AvgIpc) is 3.35. The predicted octanol–water partition coefficient (Wildman–Crippen LogP) is 2.17. The zero-order valence-electron chi connectivity index (χ0n) is 14.6. The maximum Gasteiger partial charge on any atom is 0.134 e. The molecule has 138 valence electrons. The number of aromatic nitrogens is 2. The lowest BCUT2D eigenvalue weighted by atomic mass is 9.96. The average molecular weight is 374 g/mol. The molecule has 6 nitrogen and oxygen atoms in total. The van der Waals surface area contributed by atoms with E-state index in [1.54, 1.807) is 6.33 Å². The summed E-state index contributed by atoms with van der Waals surface area (Å²) in [5.41, 5.74) is 7.25. The fourth-order valence-electron chi connectivity index (χ4n) is 3.79. The lowest BCUT2D eigenvalue weighted by Gasteiger charge is -2.24. The Morgan fingerprint density at radius 3 is 2.88 bits per heavy atom. The van der Waals surface area contributed by atoms with E-state index in [4.69, 9.17) is 17.3 Å². The Morgan fingerprint density at radius 1 is 1.31 bits per heavy atom. The Balaban J connectivity index is 1.46. The van der Waals surface area contributed by atoms with Gasteiger partial charge in [0.2, 0.25) is 0 Å². The number of β-amino-alcohol motifs (C(OH)–C–C–N with tert-alkyl or cyclic N) is 1. The second-order valence-corrected chi connectivity index (χ2v) is 7.77. The molecule has 1 saturated heterocycles. The molecule has 1 aliphatic carbocycles. The van der Waals surface area contributed by atoms with Crippen molar-refractivity contribution < 1.29 is 5.11 Å². The number of nitrogens with two attached hydrogens (primary N) is 1. The van der Waals surface area contributed by atoms with Crippen LogP contribution >= 0.6 is 11.6 Å². The first-order chi connectivity index (χ1) is 12.6. The molecule has 2 fully saturated rings. The standard InChI is InChI=1S/C19H24ClN5O/c20-14-3-1-2-13(6-14)19(4-5-19)11-22-17-8-18(24-12-23-17)25-10-16(26)7-15(25)9-21/h1-3,6,8,12,15-16,26H,4-5,7,9-11,21H2,(H,22,23,24)/t15-,16-/m1/s1. The van der Waals surface area contributed by atoms with E-state index >= 15 is 0 Å².